The molecule has 0 saturated heterocycles. The van der Waals surface area contributed by atoms with E-state index in [2.05, 4.69) is 10.3 Å². The van der Waals surface area contributed by atoms with E-state index in [0.29, 0.717) is 22.4 Å². The standard InChI is InChI=1S/C22H18F4N2O2/c1-12-8-14(3)19(17(23)9-12)21(29)28-15-4-6-16(7-5-15)30-18-10-13(2)11-27-20(18)22(24,25)26/h4-11H,1-3H3,(H,28,29). The number of ether oxygens (including phenoxy) is 1. The zero-order valence-electron chi connectivity index (χ0n) is 16.4. The molecule has 0 saturated carbocycles. The van der Waals surface area contributed by atoms with Crippen molar-refractivity contribution in [2.75, 3.05) is 5.32 Å². The van der Waals surface area contributed by atoms with Gasteiger partial charge in [-0.15, -0.1) is 0 Å². The number of rotatable bonds is 4. The smallest absolute Gasteiger partial charge is 0.437 e. The fraction of sp³-hybridized carbons (Fsp3) is 0.182. The highest BCUT2D eigenvalue weighted by molar-refractivity contribution is 6.05. The first-order valence-electron chi connectivity index (χ1n) is 8.94. The Kier molecular flexibility index (Phi) is 5.78. The minimum absolute atomic E-state index is 0.0680. The van der Waals surface area contributed by atoms with E-state index < -0.39 is 29.3 Å². The van der Waals surface area contributed by atoms with E-state index in [0.717, 1.165) is 6.20 Å². The Labute approximate surface area is 170 Å². The number of nitrogens with one attached hydrogen (secondary N) is 1. The monoisotopic (exact) mass is 418 g/mol. The SMILES string of the molecule is Cc1cc(C)c(C(=O)Nc2ccc(Oc3cc(C)cnc3C(F)(F)F)cc2)c(F)c1. The van der Waals surface area contributed by atoms with Crippen LogP contribution in [0.2, 0.25) is 0 Å². The molecule has 8 heteroatoms. The normalized spacial score (nSPS) is 11.3. The van der Waals surface area contributed by atoms with Gasteiger partial charge in [0.05, 0.1) is 5.56 Å². The van der Waals surface area contributed by atoms with Crippen molar-refractivity contribution in [3.63, 3.8) is 0 Å². The molecule has 0 bridgehead atoms. The number of alkyl halides is 3. The molecular formula is C22H18F4N2O2. The molecule has 0 aliphatic heterocycles. The molecule has 3 aromatic rings. The first-order chi connectivity index (χ1) is 14.0. The van der Waals surface area contributed by atoms with Crippen molar-refractivity contribution in [2.45, 2.75) is 26.9 Å². The highest BCUT2D eigenvalue weighted by Crippen LogP contribution is 2.37. The Morgan fingerprint density at radius 2 is 1.67 bits per heavy atom. The van der Waals surface area contributed by atoms with Gasteiger partial charge in [0.1, 0.15) is 11.6 Å². The summed E-state index contributed by atoms with van der Waals surface area (Å²) >= 11 is 0. The van der Waals surface area contributed by atoms with Gasteiger partial charge in [0.15, 0.2) is 11.4 Å². The number of anilines is 1. The number of aromatic nitrogens is 1. The summed E-state index contributed by atoms with van der Waals surface area (Å²) in [5, 5.41) is 2.57. The van der Waals surface area contributed by atoms with E-state index in [1.807, 2.05) is 0 Å². The van der Waals surface area contributed by atoms with Crippen molar-refractivity contribution < 1.29 is 27.1 Å². The molecule has 30 heavy (non-hydrogen) atoms. The predicted molar refractivity (Wildman–Crippen MR) is 104 cm³/mol. The number of amides is 1. The lowest BCUT2D eigenvalue weighted by Crippen LogP contribution is -2.15. The zero-order valence-corrected chi connectivity index (χ0v) is 16.4. The molecule has 0 radical (unpaired) electrons. The van der Waals surface area contributed by atoms with Crippen LogP contribution >= 0.6 is 0 Å². The first kappa shape index (κ1) is 21.3. The maximum atomic E-state index is 14.2. The van der Waals surface area contributed by atoms with Crippen molar-refractivity contribution in [1.82, 2.24) is 4.98 Å². The van der Waals surface area contributed by atoms with Crippen molar-refractivity contribution >= 4 is 11.6 Å². The highest BCUT2D eigenvalue weighted by atomic mass is 19.4. The van der Waals surface area contributed by atoms with E-state index >= 15 is 0 Å². The van der Waals surface area contributed by atoms with Crippen LogP contribution in [-0.2, 0) is 6.18 Å². The lowest BCUT2D eigenvalue weighted by Gasteiger charge is -2.14. The second kappa shape index (κ2) is 8.14. The van der Waals surface area contributed by atoms with Gasteiger partial charge in [0.2, 0.25) is 0 Å². The number of pyridine rings is 1. The fourth-order valence-corrected chi connectivity index (χ4v) is 2.96. The van der Waals surface area contributed by atoms with Gasteiger partial charge in [-0.2, -0.15) is 13.2 Å². The van der Waals surface area contributed by atoms with Crippen LogP contribution in [0.25, 0.3) is 0 Å². The van der Waals surface area contributed by atoms with Crippen LogP contribution in [0.15, 0.2) is 48.7 Å². The number of aryl methyl sites for hydroxylation is 3. The lowest BCUT2D eigenvalue weighted by molar-refractivity contribution is -0.142. The van der Waals surface area contributed by atoms with Crippen molar-refractivity contribution in [3.8, 4) is 11.5 Å². The van der Waals surface area contributed by atoms with Crippen LogP contribution in [0.3, 0.4) is 0 Å². The Bertz CT molecular complexity index is 1070. The summed E-state index contributed by atoms with van der Waals surface area (Å²) in [6.07, 6.45) is -3.55. The Balaban J connectivity index is 1.78. The van der Waals surface area contributed by atoms with Crippen LogP contribution in [0.4, 0.5) is 23.2 Å². The molecule has 0 atom stereocenters. The van der Waals surface area contributed by atoms with Crippen LogP contribution in [0.5, 0.6) is 11.5 Å². The summed E-state index contributed by atoms with van der Waals surface area (Å²) in [7, 11) is 0. The van der Waals surface area contributed by atoms with E-state index in [9.17, 15) is 22.4 Å². The number of benzene rings is 2. The van der Waals surface area contributed by atoms with E-state index in [-0.39, 0.29) is 11.3 Å². The molecule has 156 valence electrons. The van der Waals surface area contributed by atoms with Gasteiger partial charge in [-0.3, -0.25) is 4.79 Å². The molecule has 0 spiro atoms. The Hall–Kier alpha value is -3.42. The van der Waals surface area contributed by atoms with Gasteiger partial charge in [0.25, 0.3) is 5.91 Å². The summed E-state index contributed by atoms with van der Waals surface area (Å²) < 4.78 is 58.9. The molecule has 0 aliphatic carbocycles. The molecule has 1 heterocycles. The molecule has 0 fully saturated rings. The number of carbonyl (C=O) groups is 1. The van der Waals surface area contributed by atoms with Crippen LogP contribution in [-0.4, -0.2) is 10.9 Å². The largest absolute Gasteiger partial charge is 0.455 e. The Morgan fingerprint density at radius 3 is 2.27 bits per heavy atom. The first-order valence-corrected chi connectivity index (χ1v) is 8.94. The third-order valence-electron chi connectivity index (χ3n) is 4.26. The van der Waals surface area contributed by atoms with Crippen molar-refractivity contribution in [3.05, 3.63) is 82.4 Å². The van der Waals surface area contributed by atoms with Crippen LogP contribution in [0, 0.1) is 26.6 Å². The van der Waals surface area contributed by atoms with Gasteiger partial charge in [-0.1, -0.05) is 6.07 Å². The highest BCUT2D eigenvalue weighted by Gasteiger charge is 2.36. The number of hydrogen-bond acceptors (Lipinski definition) is 3. The van der Waals surface area contributed by atoms with Gasteiger partial charge in [0, 0.05) is 11.9 Å². The molecule has 1 N–H and O–H groups in total. The minimum Gasteiger partial charge on any atom is -0.455 e. The topological polar surface area (TPSA) is 51.2 Å². The molecule has 0 aliphatic rings. The number of carbonyl (C=O) groups excluding carboxylic acids is 1. The summed E-state index contributed by atoms with van der Waals surface area (Å²) in [5.41, 5.74) is 0.850. The Morgan fingerprint density at radius 1 is 1.00 bits per heavy atom. The number of hydrogen-bond donors (Lipinski definition) is 1. The molecule has 2 aromatic carbocycles. The summed E-state index contributed by atoms with van der Waals surface area (Å²) in [5.74, 6) is -1.54. The number of halogens is 4. The van der Waals surface area contributed by atoms with Gasteiger partial charge < -0.3 is 10.1 Å². The van der Waals surface area contributed by atoms with Gasteiger partial charge in [-0.05, 0) is 73.9 Å². The summed E-state index contributed by atoms with van der Waals surface area (Å²) in [4.78, 5) is 15.8. The molecule has 3 rings (SSSR count). The average Bonchev–Trinajstić information content (AvgIpc) is 2.61. The molecule has 4 nitrogen and oxygen atoms in total. The fourth-order valence-electron chi connectivity index (χ4n) is 2.96. The van der Waals surface area contributed by atoms with Crippen LogP contribution < -0.4 is 10.1 Å². The summed E-state index contributed by atoms with van der Waals surface area (Å²) in [6.45, 7) is 4.96. The third kappa shape index (κ3) is 4.76. The average molecular weight is 418 g/mol. The third-order valence-corrected chi connectivity index (χ3v) is 4.26. The van der Waals surface area contributed by atoms with E-state index in [4.69, 9.17) is 4.74 Å². The second-order valence-corrected chi connectivity index (χ2v) is 6.88. The van der Waals surface area contributed by atoms with E-state index in [1.54, 1.807) is 26.8 Å². The minimum atomic E-state index is -4.66. The van der Waals surface area contributed by atoms with Crippen molar-refractivity contribution in [1.29, 1.82) is 0 Å². The molecule has 1 amide bonds. The molecule has 1 aromatic heterocycles. The quantitative estimate of drug-likeness (QED) is 0.513. The predicted octanol–water partition coefficient (Wildman–Crippen LogP) is 6.21. The van der Waals surface area contributed by atoms with Gasteiger partial charge in [-0.25, -0.2) is 9.37 Å². The van der Waals surface area contributed by atoms with E-state index in [1.165, 1.54) is 36.4 Å². The maximum absolute atomic E-state index is 14.2. The van der Waals surface area contributed by atoms with Gasteiger partial charge >= 0.3 is 6.18 Å². The zero-order chi connectivity index (χ0) is 22.1. The van der Waals surface area contributed by atoms with Crippen molar-refractivity contribution in [2.24, 2.45) is 0 Å². The number of nitrogens with zero attached hydrogens (tertiary/aromatic N) is 1. The maximum Gasteiger partial charge on any atom is 0.437 e. The second-order valence-electron chi connectivity index (χ2n) is 6.88. The van der Waals surface area contributed by atoms with Crippen LogP contribution in [0.1, 0.15) is 32.7 Å². The molecule has 0 unspecified atom stereocenters. The summed E-state index contributed by atoms with van der Waals surface area (Å²) in [6, 6.07) is 9.91. The lowest BCUT2D eigenvalue weighted by atomic mass is 10.0. The molecular weight excluding hydrogens is 400 g/mol.